The molecule has 5 nitrogen and oxygen atoms in total. The molecule has 2 aromatic heterocycles. The van der Waals surface area contributed by atoms with Gasteiger partial charge in [-0.25, -0.2) is 9.67 Å². The fourth-order valence-electron chi connectivity index (χ4n) is 3.54. The van der Waals surface area contributed by atoms with Crippen LogP contribution in [0.1, 0.15) is 31.0 Å². The van der Waals surface area contributed by atoms with E-state index in [2.05, 4.69) is 41.4 Å². The van der Waals surface area contributed by atoms with Crippen molar-refractivity contribution in [3.63, 3.8) is 0 Å². The maximum Gasteiger partial charge on any atom is 0.246 e. The van der Waals surface area contributed by atoms with Crippen LogP contribution in [0.5, 0.6) is 0 Å². The van der Waals surface area contributed by atoms with Crippen LogP contribution < -0.4 is 5.32 Å². The van der Waals surface area contributed by atoms with E-state index in [0.717, 1.165) is 27.9 Å². The van der Waals surface area contributed by atoms with Crippen molar-refractivity contribution in [2.45, 2.75) is 33.2 Å². The minimum absolute atomic E-state index is 0.113. The van der Waals surface area contributed by atoms with E-state index in [4.69, 9.17) is 0 Å². The molecule has 0 aliphatic rings. The summed E-state index contributed by atoms with van der Waals surface area (Å²) in [6.07, 6.45) is 1.77. The minimum atomic E-state index is -0.126. The Morgan fingerprint density at radius 3 is 2.45 bits per heavy atom. The molecule has 0 saturated heterocycles. The summed E-state index contributed by atoms with van der Waals surface area (Å²) in [5, 5.41) is 8.52. The number of aromatic nitrogens is 3. The predicted molar refractivity (Wildman–Crippen MR) is 117 cm³/mol. The number of hydrogen-bond donors (Lipinski definition) is 1. The predicted octanol–water partition coefficient (Wildman–Crippen LogP) is 5.17. The average Bonchev–Trinajstić information content (AvgIpc) is 3.04. The van der Waals surface area contributed by atoms with Crippen LogP contribution in [-0.2, 0) is 11.3 Å². The van der Waals surface area contributed by atoms with Gasteiger partial charge in [0, 0.05) is 17.3 Å². The van der Waals surface area contributed by atoms with Gasteiger partial charge in [-0.3, -0.25) is 4.79 Å². The van der Waals surface area contributed by atoms with Crippen LogP contribution >= 0.6 is 0 Å². The number of nitrogens with one attached hydrogen (secondary N) is 1. The molecule has 2 heterocycles. The highest BCUT2D eigenvalue weighted by molar-refractivity contribution is 5.96. The molecule has 5 heteroatoms. The van der Waals surface area contributed by atoms with Gasteiger partial charge in [0.05, 0.1) is 5.69 Å². The molecule has 0 bridgehead atoms. The lowest BCUT2D eigenvalue weighted by atomic mass is 10.0. The lowest BCUT2D eigenvalue weighted by Crippen LogP contribution is -2.19. The van der Waals surface area contributed by atoms with Gasteiger partial charge in [0.1, 0.15) is 6.54 Å². The van der Waals surface area contributed by atoms with E-state index in [1.54, 1.807) is 10.9 Å². The zero-order valence-electron chi connectivity index (χ0n) is 16.9. The van der Waals surface area contributed by atoms with E-state index in [-0.39, 0.29) is 12.5 Å². The number of hydrogen-bond acceptors (Lipinski definition) is 3. The molecule has 0 saturated carbocycles. The summed E-state index contributed by atoms with van der Waals surface area (Å²) in [6.45, 7) is 6.36. The van der Waals surface area contributed by atoms with Gasteiger partial charge in [-0.1, -0.05) is 56.3 Å². The van der Waals surface area contributed by atoms with Gasteiger partial charge < -0.3 is 5.32 Å². The summed E-state index contributed by atoms with van der Waals surface area (Å²) in [7, 11) is 0. The Hall–Kier alpha value is -3.47. The number of anilines is 1. The molecule has 0 atom stereocenters. The van der Waals surface area contributed by atoms with E-state index in [0.29, 0.717) is 11.6 Å². The Kier molecular flexibility index (Phi) is 5.12. The number of aryl methyl sites for hydroxylation is 1. The molecule has 2 aromatic carbocycles. The second-order valence-electron chi connectivity index (χ2n) is 7.49. The highest BCUT2D eigenvalue weighted by Crippen LogP contribution is 2.29. The lowest BCUT2D eigenvalue weighted by molar-refractivity contribution is -0.116. The molecule has 0 aliphatic carbocycles. The van der Waals surface area contributed by atoms with E-state index < -0.39 is 0 Å². The summed E-state index contributed by atoms with van der Waals surface area (Å²) in [5.41, 5.74) is 5.79. The third-order valence-corrected chi connectivity index (χ3v) is 5.05. The summed E-state index contributed by atoms with van der Waals surface area (Å²) in [5.74, 6) is 0.335. The van der Waals surface area contributed by atoms with Crippen molar-refractivity contribution in [3.8, 4) is 11.1 Å². The van der Waals surface area contributed by atoms with Gasteiger partial charge in [-0.2, -0.15) is 5.10 Å². The Morgan fingerprint density at radius 1 is 1.03 bits per heavy atom. The van der Waals surface area contributed by atoms with Crippen LogP contribution in [-0.4, -0.2) is 20.7 Å². The number of benzene rings is 2. The number of amides is 1. The average molecular weight is 384 g/mol. The van der Waals surface area contributed by atoms with Crippen molar-refractivity contribution in [2.24, 2.45) is 0 Å². The Morgan fingerprint density at radius 2 is 1.76 bits per heavy atom. The Bertz CT molecular complexity index is 1140. The summed E-state index contributed by atoms with van der Waals surface area (Å²) in [4.78, 5) is 17.1. The summed E-state index contributed by atoms with van der Waals surface area (Å²) < 4.78 is 1.68. The van der Waals surface area contributed by atoms with Crippen molar-refractivity contribution in [1.29, 1.82) is 0 Å². The van der Waals surface area contributed by atoms with E-state index >= 15 is 0 Å². The molecule has 29 heavy (non-hydrogen) atoms. The normalized spacial score (nSPS) is 11.2. The number of carbonyl (C=O) groups excluding carboxylic acids is 1. The zero-order chi connectivity index (χ0) is 20.4. The molecule has 0 aliphatic heterocycles. The molecule has 0 fully saturated rings. The van der Waals surface area contributed by atoms with Crippen LogP contribution in [0.4, 0.5) is 5.69 Å². The number of pyridine rings is 1. The van der Waals surface area contributed by atoms with Gasteiger partial charge in [0.2, 0.25) is 5.91 Å². The monoisotopic (exact) mass is 384 g/mol. The van der Waals surface area contributed by atoms with Gasteiger partial charge in [0.15, 0.2) is 5.65 Å². The maximum absolute atomic E-state index is 12.6. The number of carbonyl (C=O) groups is 1. The first-order valence-corrected chi connectivity index (χ1v) is 9.80. The van der Waals surface area contributed by atoms with Gasteiger partial charge in [-0.15, -0.1) is 0 Å². The van der Waals surface area contributed by atoms with Crippen LogP contribution in [0, 0.1) is 6.92 Å². The first-order valence-electron chi connectivity index (χ1n) is 9.80. The fourth-order valence-corrected chi connectivity index (χ4v) is 3.54. The van der Waals surface area contributed by atoms with Gasteiger partial charge in [0.25, 0.3) is 0 Å². The Balaban J connectivity index is 1.59. The molecule has 4 rings (SSSR count). The van der Waals surface area contributed by atoms with E-state index in [1.807, 2.05) is 55.5 Å². The van der Waals surface area contributed by atoms with Gasteiger partial charge in [-0.05, 0) is 47.7 Å². The largest absolute Gasteiger partial charge is 0.324 e. The Labute approximate surface area is 170 Å². The van der Waals surface area contributed by atoms with Crippen LogP contribution in [0.25, 0.3) is 22.2 Å². The number of rotatable bonds is 5. The molecule has 4 aromatic rings. The zero-order valence-corrected chi connectivity index (χ0v) is 16.9. The summed E-state index contributed by atoms with van der Waals surface area (Å²) >= 11 is 0. The molecule has 1 amide bonds. The smallest absolute Gasteiger partial charge is 0.246 e. The maximum atomic E-state index is 12.6. The quantitative estimate of drug-likeness (QED) is 0.516. The number of fused-ring (bicyclic) bond motifs is 1. The van der Waals surface area contributed by atoms with Crippen LogP contribution in [0.15, 0.2) is 66.9 Å². The second-order valence-corrected chi connectivity index (χ2v) is 7.49. The van der Waals surface area contributed by atoms with E-state index in [1.165, 1.54) is 5.56 Å². The van der Waals surface area contributed by atoms with Crippen LogP contribution in [0.3, 0.4) is 0 Å². The molecular formula is C24H24N4O. The highest BCUT2D eigenvalue weighted by atomic mass is 16.2. The van der Waals surface area contributed by atoms with Crippen molar-refractivity contribution < 1.29 is 4.79 Å². The van der Waals surface area contributed by atoms with Crippen molar-refractivity contribution in [1.82, 2.24) is 14.8 Å². The lowest BCUT2D eigenvalue weighted by Gasteiger charge is -2.09. The van der Waals surface area contributed by atoms with E-state index in [9.17, 15) is 4.79 Å². The molecule has 0 unspecified atom stereocenters. The van der Waals surface area contributed by atoms with Crippen molar-refractivity contribution >= 4 is 22.6 Å². The SMILES string of the molecule is Cc1nn(CC(=O)Nc2ccc(C(C)C)cc2)c2nccc(-c3ccccc3)c12. The standard InChI is InChI=1S/C24H24N4O/c1-16(2)18-9-11-20(12-10-18)26-22(29)15-28-24-23(17(3)27-28)21(13-14-25-24)19-7-5-4-6-8-19/h4-14,16H,15H2,1-3H3,(H,26,29). The summed E-state index contributed by atoms with van der Waals surface area (Å²) in [6, 6.07) is 20.1. The topological polar surface area (TPSA) is 59.8 Å². The van der Waals surface area contributed by atoms with Crippen LogP contribution in [0.2, 0.25) is 0 Å². The minimum Gasteiger partial charge on any atom is -0.324 e. The fraction of sp³-hybridized carbons (Fsp3) is 0.208. The molecule has 0 spiro atoms. The molecule has 146 valence electrons. The van der Waals surface area contributed by atoms with Crippen molar-refractivity contribution in [2.75, 3.05) is 5.32 Å². The third kappa shape index (κ3) is 3.90. The van der Waals surface area contributed by atoms with Gasteiger partial charge >= 0.3 is 0 Å². The first-order chi connectivity index (χ1) is 14.0. The molecular weight excluding hydrogens is 360 g/mol. The molecule has 1 N–H and O–H groups in total. The highest BCUT2D eigenvalue weighted by Gasteiger charge is 2.16. The molecule has 0 radical (unpaired) electrons. The number of nitrogens with zero attached hydrogens (tertiary/aromatic N) is 3. The first kappa shape index (κ1) is 18.9. The second kappa shape index (κ2) is 7.87. The van der Waals surface area contributed by atoms with Crippen molar-refractivity contribution in [3.05, 3.63) is 78.1 Å². The third-order valence-electron chi connectivity index (χ3n) is 5.05.